The van der Waals surface area contributed by atoms with Gasteiger partial charge >= 0.3 is 0 Å². The van der Waals surface area contributed by atoms with Crippen LogP contribution < -0.4 is 9.47 Å². The van der Waals surface area contributed by atoms with E-state index in [0.717, 1.165) is 0 Å². The lowest BCUT2D eigenvalue weighted by Gasteiger charge is -2.22. The summed E-state index contributed by atoms with van der Waals surface area (Å²) in [6.45, 7) is 1.79. The van der Waals surface area contributed by atoms with Crippen LogP contribution in [0.2, 0.25) is 0 Å². The number of amides is 1. The van der Waals surface area contributed by atoms with Crippen molar-refractivity contribution in [3.63, 3.8) is 0 Å². The second-order valence-corrected chi connectivity index (χ2v) is 7.02. The summed E-state index contributed by atoms with van der Waals surface area (Å²) in [5.41, 5.74) is 0.128. The predicted molar refractivity (Wildman–Crippen MR) is 110 cm³/mol. The van der Waals surface area contributed by atoms with Crippen LogP contribution in [0.15, 0.2) is 63.1 Å². The Hall–Kier alpha value is -3.94. The van der Waals surface area contributed by atoms with E-state index < -0.39 is 17.7 Å². The molecule has 8 nitrogen and oxygen atoms in total. The zero-order valence-corrected chi connectivity index (χ0v) is 17.2. The molecular weight excluding hydrogens is 402 g/mol. The summed E-state index contributed by atoms with van der Waals surface area (Å²) in [5, 5.41) is 11.2. The number of methoxy groups -OCH3 is 2. The molecule has 0 bridgehead atoms. The first kappa shape index (κ1) is 20.3. The summed E-state index contributed by atoms with van der Waals surface area (Å²) in [6, 6.07) is 10.7. The van der Waals surface area contributed by atoms with Crippen molar-refractivity contribution < 1.29 is 33.0 Å². The lowest BCUT2D eigenvalue weighted by molar-refractivity contribution is -0.140. The molecule has 0 spiro atoms. The number of ketones is 1. The number of Topliss-reactive ketones (excluding diaryl/α,β-unsaturated/α-hetero) is 1. The molecule has 1 fully saturated rings. The Labute approximate surface area is 178 Å². The normalized spacial score (nSPS) is 17.9. The van der Waals surface area contributed by atoms with Crippen molar-refractivity contribution in [2.24, 2.45) is 0 Å². The fourth-order valence-electron chi connectivity index (χ4n) is 3.65. The summed E-state index contributed by atoms with van der Waals surface area (Å²) in [7, 11) is 2.93. The van der Waals surface area contributed by atoms with Gasteiger partial charge in [-0.05, 0) is 49.4 Å². The molecule has 8 heteroatoms. The molecule has 0 radical (unpaired) electrons. The van der Waals surface area contributed by atoms with Crippen LogP contribution in [0.25, 0.3) is 5.76 Å². The van der Waals surface area contributed by atoms with Crippen LogP contribution in [-0.2, 0) is 16.1 Å². The summed E-state index contributed by atoms with van der Waals surface area (Å²) >= 11 is 0. The average Bonchev–Trinajstić information content (AvgIpc) is 3.50. The summed E-state index contributed by atoms with van der Waals surface area (Å²) in [6.07, 6.45) is 1.49. The van der Waals surface area contributed by atoms with Gasteiger partial charge in [-0.2, -0.15) is 0 Å². The van der Waals surface area contributed by atoms with Crippen molar-refractivity contribution in [2.45, 2.75) is 19.5 Å². The second-order valence-electron chi connectivity index (χ2n) is 7.02. The highest BCUT2D eigenvalue weighted by Crippen LogP contribution is 2.42. The average molecular weight is 423 g/mol. The topological polar surface area (TPSA) is 102 Å². The molecule has 1 aliphatic heterocycles. The van der Waals surface area contributed by atoms with Crippen molar-refractivity contribution >= 4 is 17.4 Å². The van der Waals surface area contributed by atoms with E-state index in [1.54, 1.807) is 49.4 Å². The first-order valence-electron chi connectivity index (χ1n) is 9.54. The maximum atomic E-state index is 13.1. The number of aliphatic hydroxyl groups is 1. The Morgan fingerprint density at radius 1 is 1.13 bits per heavy atom. The highest BCUT2D eigenvalue weighted by atomic mass is 16.5. The van der Waals surface area contributed by atoms with E-state index in [1.807, 2.05) is 0 Å². The molecule has 1 amide bonds. The van der Waals surface area contributed by atoms with E-state index in [1.165, 1.54) is 25.4 Å². The van der Waals surface area contributed by atoms with E-state index >= 15 is 0 Å². The van der Waals surface area contributed by atoms with Gasteiger partial charge in [-0.15, -0.1) is 0 Å². The van der Waals surface area contributed by atoms with Crippen LogP contribution in [0.1, 0.15) is 28.9 Å². The largest absolute Gasteiger partial charge is 0.507 e. The lowest BCUT2D eigenvalue weighted by Crippen LogP contribution is -2.28. The number of furan rings is 2. The van der Waals surface area contributed by atoms with Gasteiger partial charge in [0.05, 0.1) is 38.2 Å². The van der Waals surface area contributed by atoms with Gasteiger partial charge in [-0.25, -0.2) is 0 Å². The lowest BCUT2D eigenvalue weighted by atomic mass is 9.98. The molecule has 0 aliphatic carbocycles. The molecule has 1 N–H and O–H groups in total. The SMILES string of the molecule is COc1ccc(OC)c(/C(O)=C2\C(=O)C(=O)N(Cc3ccco3)C2c2ccc(C)o2)c1. The zero-order chi connectivity index (χ0) is 22.1. The zero-order valence-electron chi connectivity index (χ0n) is 17.2. The Morgan fingerprint density at radius 3 is 2.55 bits per heavy atom. The molecule has 31 heavy (non-hydrogen) atoms. The minimum Gasteiger partial charge on any atom is -0.507 e. The first-order chi connectivity index (χ1) is 14.9. The van der Waals surface area contributed by atoms with Crippen LogP contribution in [0.5, 0.6) is 11.5 Å². The number of aryl methyl sites for hydroxylation is 1. The van der Waals surface area contributed by atoms with Crippen LogP contribution in [0.4, 0.5) is 0 Å². The van der Waals surface area contributed by atoms with Crippen LogP contribution in [0.3, 0.4) is 0 Å². The fraction of sp³-hybridized carbons (Fsp3) is 0.217. The number of likely N-dealkylation sites (tertiary alicyclic amines) is 1. The van der Waals surface area contributed by atoms with Crippen molar-refractivity contribution in [1.29, 1.82) is 0 Å². The van der Waals surface area contributed by atoms with Gasteiger partial charge < -0.3 is 28.3 Å². The van der Waals surface area contributed by atoms with Crippen LogP contribution in [0, 0.1) is 6.92 Å². The van der Waals surface area contributed by atoms with E-state index in [9.17, 15) is 14.7 Å². The maximum absolute atomic E-state index is 13.1. The third-order valence-electron chi connectivity index (χ3n) is 5.14. The van der Waals surface area contributed by atoms with Crippen LogP contribution >= 0.6 is 0 Å². The fourth-order valence-corrected chi connectivity index (χ4v) is 3.65. The summed E-state index contributed by atoms with van der Waals surface area (Å²) < 4.78 is 21.7. The number of nitrogens with zero attached hydrogens (tertiary/aromatic N) is 1. The molecule has 0 saturated carbocycles. The minimum atomic E-state index is -0.935. The number of carbonyl (C=O) groups is 2. The molecule has 1 unspecified atom stereocenters. The van der Waals surface area contributed by atoms with Gasteiger partial charge in [0.25, 0.3) is 11.7 Å². The minimum absolute atomic E-state index is 0.0357. The van der Waals surface area contributed by atoms with Gasteiger partial charge in [0, 0.05) is 0 Å². The summed E-state index contributed by atoms with van der Waals surface area (Å²) in [5.74, 6) is 0.266. The van der Waals surface area contributed by atoms with Crippen molar-refractivity contribution in [1.82, 2.24) is 4.90 Å². The van der Waals surface area contributed by atoms with E-state index in [-0.39, 0.29) is 23.4 Å². The smallest absolute Gasteiger partial charge is 0.296 e. The van der Waals surface area contributed by atoms with Gasteiger partial charge in [0.15, 0.2) is 0 Å². The highest BCUT2D eigenvalue weighted by molar-refractivity contribution is 6.46. The molecule has 4 rings (SSSR count). The third-order valence-corrected chi connectivity index (χ3v) is 5.14. The van der Waals surface area contributed by atoms with Crippen molar-refractivity contribution in [3.8, 4) is 11.5 Å². The molecule has 160 valence electrons. The molecule has 1 aromatic carbocycles. The Balaban J connectivity index is 1.90. The number of benzene rings is 1. The number of aliphatic hydroxyl groups excluding tert-OH is 1. The van der Waals surface area contributed by atoms with E-state index in [4.69, 9.17) is 18.3 Å². The predicted octanol–water partition coefficient (Wildman–Crippen LogP) is 3.82. The Bertz CT molecular complexity index is 1160. The van der Waals surface area contributed by atoms with Gasteiger partial charge in [-0.3, -0.25) is 9.59 Å². The molecule has 3 aromatic rings. The second kappa shape index (κ2) is 8.06. The van der Waals surface area contributed by atoms with Crippen molar-refractivity contribution in [3.05, 3.63) is 77.1 Å². The third kappa shape index (κ3) is 3.56. The molecular formula is C23H21NO7. The quantitative estimate of drug-likeness (QED) is 0.365. The van der Waals surface area contributed by atoms with E-state index in [2.05, 4.69) is 0 Å². The standard InChI is InChI=1S/C23H21NO7/c1-13-6-8-18(31-13)20-19(21(25)16-11-14(28-2)7-9-17(16)29-3)22(26)23(27)24(20)12-15-5-4-10-30-15/h4-11,20,25H,12H2,1-3H3/b21-19+. The number of rotatable bonds is 6. The first-order valence-corrected chi connectivity index (χ1v) is 9.54. The number of carbonyl (C=O) groups excluding carboxylic acids is 2. The highest BCUT2D eigenvalue weighted by Gasteiger charge is 2.48. The Morgan fingerprint density at radius 2 is 1.94 bits per heavy atom. The monoisotopic (exact) mass is 423 g/mol. The molecule has 3 heterocycles. The Kier molecular flexibility index (Phi) is 5.29. The van der Waals surface area contributed by atoms with Crippen LogP contribution in [-0.4, -0.2) is 35.9 Å². The number of ether oxygens (including phenoxy) is 2. The van der Waals surface area contributed by atoms with Gasteiger partial charge in [0.1, 0.15) is 40.6 Å². The van der Waals surface area contributed by atoms with E-state index in [0.29, 0.717) is 28.8 Å². The molecule has 1 aliphatic rings. The van der Waals surface area contributed by atoms with Gasteiger partial charge in [0.2, 0.25) is 0 Å². The maximum Gasteiger partial charge on any atom is 0.296 e. The number of hydrogen-bond acceptors (Lipinski definition) is 7. The molecule has 2 aromatic heterocycles. The molecule has 1 saturated heterocycles. The summed E-state index contributed by atoms with van der Waals surface area (Å²) in [4.78, 5) is 27.3. The van der Waals surface area contributed by atoms with Gasteiger partial charge in [-0.1, -0.05) is 0 Å². The van der Waals surface area contributed by atoms with Crippen molar-refractivity contribution in [2.75, 3.05) is 14.2 Å². The molecule has 1 atom stereocenters. The number of hydrogen-bond donors (Lipinski definition) is 1.